The van der Waals surface area contributed by atoms with Gasteiger partial charge in [-0.25, -0.2) is 18.4 Å². The second kappa shape index (κ2) is 9.29. The summed E-state index contributed by atoms with van der Waals surface area (Å²) in [6, 6.07) is 6.14. The lowest BCUT2D eigenvalue weighted by atomic mass is 10.1. The number of ether oxygens (including phenoxy) is 1. The molecular weight excluding hydrogens is 436 g/mol. The zero-order valence-electron chi connectivity index (χ0n) is 16.0. The first-order valence-corrected chi connectivity index (χ1v) is 11.9. The van der Waals surface area contributed by atoms with Gasteiger partial charge in [-0.15, -0.1) is 0 Å². The van der Waals surface area contributed by atoms with E-state index in [0.29, 0.717) is 36.8 Å². The maximum Gasteiger partial charge on any atom is 0.271 e. The number of carbonyl (C=O) groups is 1. The third-order valence-electron chi connectivity index (χ3n) is 4.61. The molecule has 0 unspecified atom stereocenters. The Morgan fingerprint density at radius 1 is 1.28 bits per heavy atom. The van der Waals surface area contributed by atoms with Gasteiger partial charge >= 0.3 is 0 Å². The summed E-state index contributed by atoms with van der Waals surface area (Å²) in [7, 11) is -2.06. The lowest BCUT2D eigenvalue weighted by molar-refractivity contribution is 0.0918. The Kier molecular flexibility index (Phi) is 6.99. The zero-order chi connectivity index (χ0) is 21.0. The molecule has 0 bridgehead atoms. The van der Waals surface area contributed by atoms with Crippen molar-refractivity contribution in [3.05, 3.63) is 41.2 Å². The maximum atomic E-state index is 12.8. The number of piperidine rings is 1. The highest BCUT2D eigenvalue weighted by Crippen LogP contribution is 2.23. The van der Waals surface area contributed by atoms with E-state index in [2.05, 4.69) is 15.3 Å². The van der Waals surface area contributed by atoms with E-state index in [0.717, 1.165) is 0 Å². The lowest BCUT2D eigenvalue weighted by Crippen LogP contribution is -2.46. The third-order valence-corrected chi connectivity index (χ3v) is 7.36. The molecule has 3 rings (SSSR count). The average molecular weight is 457 g/mol. The van der Waals surface area contributed by atoms with Gasteiger partial charge < -0.3 is 10.1 Å². The Labute approximate surface area is 179 Å². The van der Waals surface area contributed by atoms with Crippen LogP contribution in [0.25, 0.3) is 0 Å². The Bertz CT molecular complexity index is 978. The quantitative estimate of drug-likeness (QED) is 0.526. The molecule has 8 nitrogen and oxygen atoms in total. The molecule has 1 aliphatic heterocycles. The maximum absolute atomic E-state index is 12.8. The average Bonchev–Trinajstić information content (AvgIpc) is 2.74. The van der Waals surface area contributed by atoms with Crippen LogP contribution in [-0.2, 0) is 10.0 Å². The lowest BCUT2D eigenvalue weighted by Gasteiger charge is -2.31. The molecule has 1 aromatic heterocycles. The smallest absolute Gasteiger partial charge is 0.271 e. The van der Waals surface area contributed by atoms with Crippen LogP contribution in [0.3, 0.4) is 0 Å². The first kappa shape index (κ1) is 21.8. The molecule has 29 heavy (non-hydrogen) atoms. The second-order valence-corrected chi connectivity index (χ2v) is 9.50. The molecule has 0 radical (unpaired) electrons. The minimum atomic E-state index is -3.59. The topological polar surface area (TPSA) is 101 Å². The first-order valence-electron chi connectivity index (χ1n) is 8.86. The summed E-state index contributed by atoms with van der Waals surface area (Å²) in [6.07, 6.45) is 4.21. The highest BCUT2D eigenvalue weighted by atomic mass is 35.5. The molecule has 1 aliphatic rings. The van der Waals surface area contributed by atoms with Crippen molar-refractivity contribution >= 4 is 39.3 Å². The number of carbonyl (C=O) groups excluding carboxylic acids is 1. The molecule has 2 aromatic rings. The number of hydrogen-bond donors (Lipinski definition) is 1. The van der Waals surface area contributed by atoms with Gasteiger partial charge in [-0.2, -0.15) is 4.31 Å². The van der Waals surface area contributed by atoms with Gasteiger partial charge in [0, 0.05) is 19.1 Å². The van der Waals surface area contributed by atoms with Crippen molar-refractivity contribution in [3.8, 4) is 5.75 Å². The molecule has 1 amide bonds. The van der Waals surface area contributed by atoms with Crippen molar-refractivity contribution < 1.29 is 17.9 Å². The van der Waals surface area contributed by atoms with Gasteiger partial charge in [-0.1, -0.05) is 23.4 Å². The number of halogens is 1. The van der Waals surface area contributed by atoms with Crippen molar-refractivity contribution in [2.24, 2.45) is 0 Å². The van der Waals surface area contributed by atoms with Crippen LogP contribution in [0.4, 0.5) is 0 Å². The van der Waals surface area contributed by atoms with Crippen LogP contribution in [0, 0.1) is 0 Å². The Morgan fingerprint density at radius 3 is 2.52 bits per heavy atom. The fraction of sp³-hybridized carbons (Fsp3) is 0.389. The molecule has 156 valence electrons. The number of benzene rings is 1. The normalized spacial score (nSPS) is 15.8. The molecule has 11 heteroatoms. The number of aromatic nitrogens is 2. The summed E-state index contributed by atoms with van der Waals surface area (Å²) in [5, 5.41) is 3.53. The Morgan fingerprint density at radius 2 is 1.93 bits per heavy atom. The van der Waals surface area contributed by atoms with Gasteiger partial charge in [0.2, 0.25) is 10.0 Å². The van der Waals surface area contributed by atoms with Gasteiger partial charge in [0.1, 0.15) is 5.75 Å². The molecule has 0 atom stereocenters. The molecule has 1 N–H and O–H groups in total. The van der Waals surface area contributed by atoms with Gasteiger partial charge in [0.25, 0.3) is 5.91 Å². The van der Waals surface area contributed by atoms with E-state index in [1.165, 1.54) is 41.5 Å². The fourth-order valence-electron chi connectivity index (χ4n) is 3.00. The van der Waals surface area contributed by atoms with Crippen LogP contribution < -0.4 is 10.1 Å². The zero-order valence-corrected chi connectivity index (χ0v) is 18.4. The van der Waals surface area contributed by atoms with Crippen LogP contribution in [0.1, 0.15) is 23.3 Å². The number of methoxy groups -OCH3 is 1. The number of rotatable bonds is 6. The summed E-state index contributed by atoms with van der Waals surface area (Å²) in [6.45, 7) is 0.625. The van der Waals surface area contributed by atoms with Gasteiger partial charge in [-0.3, -0.25) is 4.79 Å². The molecule has 0 saturated carbocycles. The predicted molar refractivity (Wildman–Crippen MR) is 111 cm³/mol. The van der Waals surface area contributed by atoms with Gasteiger partial charge in [0.15, 0.2) is 10.9 Å². The van der Waals surface area contributed by atoms with E-state index >= 15 is 0 Å². The summed E-state index contributed by atoms with van der Waals surface area (Å²) >= 11 is 7.36. The second-order valence-electron chi connectivity index (χ2n) is 6.38. The molecule has 0 spiro atoms. The Balaban J connectivity index is 1.62. The van der Waals surface area contributed by atoms with Crippen LogP contribution >= 0.6 is 23.4 Å². The highest BCUT2D eigenvalue weighted by molar-refractivity contribution is 7.98. The molecular formula is C18H21ClN4O4S2. The third kappa shape index (κ3) is 5.00. The van der Waals surface area contributed by atoms with E-state index in [-0.39, 0.29) is 27.6 Å². The first-order chi connectivity index (χ1) is 13.8. The summed E-state index contributed by atoms with van der Waals surface area (Å²) in [5.41, 5.74) is 0.124. The monoisotopic (exact) mass is 456 g/mol. The van der Waals surface area contributed by atoms with Crippen molar-refractivity contribution in [2.75, 3.05) is 26.5 Å². The van der Waals surface area contributed by atoms with Crippen LogP contribution in [0.2, 0.25) is 5.02 Å². The highest BCUT2D eigenvalue weighted by Gasteiger charge is 2.30. The van der Waals surface area contributed by atoms with Crippen molar-refractivity contribution in [2.45, 2.75) is 28.9 Å². The van der Waals surface area contributed by atoms with E-state index in [1.54, 1.807) is 12.1 Å². The standard InChI is InChI=1S/C18H21ClN4O4S2/c1-27-13-3-5-14(6-4-13)29(25,26)23-9-7-12(8-10-23)21-17(24)16-15(19)11-20-18(22-16)28-2/h3-6,11-12H,7-10H2,1-2H3,(H,21,24). The molecule has 1 saturated heterocycles. The fourth-order valence-corrected chi connectivity index (χ4v) is 4.99. The van der Waals surface area contributed by atoms with Crippen LogP contribution in [0.5, 0.6) is 5.75 Å². The number of amides is 1. The van der Waals surface area contributed by atoms with Crippen molar-refractivity contribution in [1.29, 1.82) is 0 Å². The summed E-state index contributed by atoms with van der Waals surface area (Å²) < 4.78 is 32.1. The number of thioether (sulfide) groups is 1. The number of sulfonamides is 1. The summed E-state index contributed by atoms with van der Waals surface area (Å²) in [5.74, 6) is 0.211. The molecule has 2 heterocycles. The van der Waals surface area contributed by atoms with Crippen molar-refractivity contribution in [3.63, 3.8) is 0 Å². The van der Waals surface area contributed by atoms with E-state index < -0.39 is 10.0 Å². The molecule has 0 aliphatic carbocycles. The molecule has 1 aromatic carbocycles. The minimum Gasteiger partial charge on any atom is -0.497 e. The largest absolute Gasteiger partial charge is 0.497 e. The van der Waals surface area contributed by atoms with Crippen LogP contribution in [-0.4, -0.2) is 61.1 Å². The minimum absolute atomic E-state index is 0.124. The van der Waals surface area contributed by atoms with E-state index in [9.17, 15) is 13.2 Å². The number of nitrogens with one attached hydrogen (secondary N) is 1. The number of nitrogens with zero attached hydrogens (tertiary/aromatic N) is 3. The van der Waals surface area contributed by atoms with Crippen LogP contribution in [0.15, 0.2) is 40.5 Å². The van der Waals surface area contributed by atoms with Crippen molar-refractivity contribution in [1.82, 2.24) is 19.6 Å². The number of hydrogen-bond acceptors (Lipinski definition) is 7. The molecule has 1 fully saturated rings. The van der Waals surface area contributed by atoms with Gasteiger partial charge in [-0.05, 0) is 43.4 Å². The van der Waals surface area contributed by atoms with Gasteiger partial charge in [0.05, 0.1) is 23.2 Å². The Hall–Kier alpha value is -1.88. The SMILES string of the molecule is COc1ccc(S(=O)(=O)N2CCC(NC(=O)c3nc(SC)ncc3Cl)CC2)cc1. The predicted octanol–water partition coefficient (Wildman–Crippen LogP) is 2.44. The van der Waals surface area contributed by atoms with E-state index in [4.69, 9.17) is 16.3 Å². The summed E-state index contributed by atoms with van der Waals surface area (Å²) in [4.78, 5) is 20.9. The van der Waals surface area contributed by atoms with E-state index in [1.807, 2.05) is 6.26 Å².